The summed E-state index contributed by atoms with van der Waals surface area (Å²) in [6.45, 7) is 2.48. The maximum absolute atomic E-state index is 14.0. The Labute approximate surface area is 169 Å². The number of halogens is 2. The average Bonchev–Trinajstić information content (AvgIpc) is 2.70. The Morgan fingerprint density at radius 1 is 1.03 bits per heavy atom. The zero-order valence-electron chi connectivity index (χ0n) is 16.4. The molecule has 7 heteroatoms. The van der Waals surface area contributed by atoms with E-state index in [2.05, 4.69) is 22.8 Å². The topological polar surface area (TPSA) is 61.4 Å². The fourth-order valence-corrected chi connectivity index (χ4v) is 3.59. The molecule has 1 heterocycles. The minimum atomic E-state index is -0.866. The van der Waals surface area contributed by atoms with Crippen LogP contribution in [0.1, 0.15) is 25.3 Å². The van der Waals surface area contributed by atoms with Crippen molar-refractivity contribution in [3.8, 4) is 0 Å². The molecular formula is C22H25F2N3O2. The lowest BCUT2D eigenvalue weighted by Gasteiger charge is -2.32. The SMILES string of the molecule is CC(=O)Nc1cc(NCC(=O)N2CCC(Cc3ccccc3)CC2)c(F)cc1F. The first-order chi connectivity index (χ1) is 13.9. The molecule has 2 N–H and O–H groups in total. The maximum atomic E-state index is 14.0. The van der Waals surface area contributed by atoms with Gasteiger partial charge in [0.2, 0.25) is 11.8 Å². The van der Waals surface area contributed by atoms with Crippen molar-refractivity contribution >= 4 is 23.2 Å². The molecule has 0 bridgehead atoms. The first-order valence-electron chi connectivity index (χ1n) is 9.74. The Kier molecular flexibility index (Phi) is 6.80. The van der Waals surface area contributed by atoms with E-state index in [0.29, 0.717) is 25.1 Å². The van der Waals surface area contributed by atoms with Gasteiger partial charge in [0.05, 0.1) is 17.9 Å². The standard InChI is InChI=1S/C22H25F2N3O2/c1-15(28)26-21-13-20(18(23)12-19(21)24)25-14-22(29)27-9-7-17(8-10-27)11-16-5-3-2-4-6-16/h2-6,12-13,17,25H,7-11,14H2,1H3,(H,26,28). The molecular weight excluding hydrogens is 376 g/mol. The summed E-state index contributed by atoms with van der Waals surface area (Å²) in [5.41, 5.74) is 1.15. The molecule has 0 aromatic heterocycles. The molecule has 2 amide bonds. The third-order valence-electron chi connectivity index (χ3n) is 5.13. The second-order valence-corrected chi connectivity index (χ2v) is 7.36. The summed E-state index contributed by atoms with van der Waals surface area (Å²) in [7, 11) is 0. The molecule has 2 aromatic carbocycles. The molecule has 0 aliphatic carbocycles. The molecule has 0 unspecified atom stereocenters. The number of nitrogens with one attached hydrogen (secondary N) is 2. The highest BCUT2D eigenvalue weighted by atomic mass is 19.1. The van der Waals surface area contributed by atoms with Crippen LogP contribution in [0.4, 0.5) is 20.2 Å². The van der Waals surface area contributed by atoms with E-state index in [1.54, 1.807) is 4.90 Å². The lowest BCUT2D eigenvalue weighted by molar-refractivity contribution is -0.130. The van der Waals surface area contributed by atoms with Gasteiger partial charge < -0.3 is 15.5 Å². The molecule has 154 valence electrons. The van der Waals surface area contributed by atoms with E-state index in [-0.39, 0.29) is 23.8 Å². The second kappa shape index (κ2) is 9.49. The molecule has 2 aromatic rings. The Balaban J connectivity index is 1.51. The number of amides is 2. The summed E-state index contributed by atoms with van der Waals surface area (Å²) in [6.07, 6.45) is 2.87. The lowest BCUT2D eigenvalue weighted by atomic mass is 9.90. The third kappa shape index (κ3) is 5.76. The van der Waals surface area contributed by atoms with Crippen molar-refractivity contribution in [1.29, 1.82) is 0 Å². The van der Waals surface area contributed by atoms with E-state index in [0.717, 1.165) is 25.3 Å². The Morgan fingerprint density at radius 3 is 2.34 bits per heavy atom. The monoisotopic (exact) mass is 401 g/mol. The Hall–Kier alpha value is -2.96. The number of anilines is 2. The van der Waals surface area contributed by atoms with E-state index >= 15 is 0 Å². The molecule has 0 spiro atoms. The number of benzene rings is 2. The lowest BCUT2D eigenvalue weighted by Crippen LogP contribution is -2.41. The van der Waals surface area contributed by atoms with Gasteiger partial charge in [-0.05, 0) is 36.8 Å². The number of carbonyl (C=O) groups excluding carboxylic acids is 2. The first kappa shape index (κ1) is 20.8. The number of hydrogen-bond donors (Lipinski definition) is 2. The molecule has 1 saturated heterocycles. The summed E-state index contributed by atoms with van der Waals surface area (Å²) in [5, 5.41) is 5.02. The molecule has 0 saturated carbocycles. The smallest absolute Gasteiger partial charge is 0.241 e. The van der Waals surface area contributed by atoms with Crippen LogP contribution in [0.15, 0.2) is 42.5 Å². The van der Waals surface area contributed by atoms with Gasteiger partial charge in [-0.3, -0.25) is 9.59 Å². The normalized spacial score (nSPS) is 14.5. The predicted octanol–water partition coefficient (Wildman–Crippen LogP) is 3.82. The fraction of sp³-hybridized carbons (Fsp3) is 0.364. The first-order valence-corrected chi connectivity index (χ1v) is 9.74. The van der Waals surface area contributed by atoms with Gasteiger partial charge in [-0.15, -0.1) is 0 Å². The summed E-state index contributed by atoms with van der Waals surface area (Å²) in [5.74, 6) is -1.73. The molecule has 29 heavy (non-hydrogen) atoms. The fourth-order valence-electron chi connectivity index (χ4n) is 3.59. The zero-order chi connectivity index (χ0) is 20.8. The average molecular weight is 401 g/mol. The van der Waals surface area contributed by atoms with Crippen LogP contribution in [0.5, 0.6) is 0 Å². The van der Waals surface area contributed by atoms with E-state index in [4.69, 9.17) is 0 Å². The van der Waals surface area contributed by atoms with Crippen LogP contribution in [-0.2, 0) is 16.0 Å². The maximum Gasteiger partial charge on any atom is 0.241 e. The van der Waals surface area contributed by atoms with Gasteiger partial charge in [0.15, 0.2) is 0 Å². The van der Waals surface area contributed by atoms with Crippen molar-refractivity contribution in [2.75, 3.05) is 30.3 Å². The second-order valence-electron chi connectivity index (χ2n) is 7.36. The number of nitrogens with zero attached hydrogens (tertiary/aromatic N) is 1. The van der Waals surface area contributed by atoms with Gasteiger partial charge in [-0.1, -0.05) is 30.3 Å². The van der Waals surface area contributed by atoms with Crippen LogP contribution in [0, 0.1) is 17.6 Å². The molecule has 5 nitrogen and oxygen atoms in total. The minimum Gasteiger partial charge on any atom is -0.374 e. The molecule has 3 rings (SSSR count). The van der Waals surface area contributed by atoms with Crippen molar-refractivity contribution in [2.24, 2.45) is 5.92 Å². The van der Waals surface area contributed by atoms with Crippen LogP contribution < -0.4 is 10.6 Å². The van der Waals surface area contributed by atoms with Gasteiger partial charge >= 0.3 is 0 Å². The zero-order valence-corrected chi connectivity index (χ0v) is 16.4. The van der Waals surface area contributed by atoms with Crippen molar-refractivity contribution in [2.45, 2.75) is 26.2 Å². The molecule has 1 fully saturated rings. The summed E-state index contributed by atoms with van der Waals surface area (Å²) >= 11 is 0. The van der Waals surface area contributed by atoms with E-state index in [9.17, 15) is 18.4 Å². The minimum absolute atomic E-state index is 0.0255. The van der Waals surface area contributed by atoms with Gasteiger partial charge in [-0.2, -0.15) is 0 Å². The van der Waals surface area contributed by atoms with Crippen LogP contribution in [-0.4, -0.2) is 36.3 Å². The van der Waals surface area contributed by atoms with Gasteiger partial charge in [0, 0.05) is 26.1 Å². The highest BCUT2D eigenvalue weighted by molar-refractivity contribution is 5.89. The number of piperidine rings is 1. The molecule has 1 aliphatic rings. The Bertz CT molecular complexity index is 866. The number of carbonyl (C=O) groups is 2. The van der Waals surface area contributed by atoms with Crippen LogP contribution in [0.25, 0.3) is 0 Å². The van der Waals surface area contributed by atoms with Crippen LogP contribution in [0.2, 0.25) is 0 Å². The van der Waals surface area contributed by atoms with Crippen molar-refractivity contribution < 1.29 is 18.4 Å². The van der Waals surface area contributed by atoms with Gasteiger partial charge in [-0.25, -0.2) is 8.78 Å². The molecule has 0 atom stereocenters. The van der Waals surface area contributed by atoms with Crippen molar-refractivity contribution in [1.82, 2.24) is 4.90 Å². The number of hydrogen-bond acceptors (Lipinski definition) is 3. The van der Waals surface area contributed by atoms with Crippen molar-refractivity contribution in [3.05, 3.63) is 59.7 Å². The molecule has 1 aliphatic heterocycles. The largest absolute Gasteiger partial charge is 0.374 e. The van der Waals surface area contributed by atoms with Crippen LogP contribution in [0.3, 0.4) is 0 Å². The highest BCUT2D eigenvalue weighted by Crippen LogP contribution is 2.24. The number of likely N-dealkylation sites (tertiary alicyclic amines) is 1. The molecule has 0 radical (unpaired) electrons. The Morgan fingerprint density at radius 2 is 1.69 bits per heavy atom. The number of rotatable bonds is 6. The quantitative estimate of drug-likeness (QED) is 0.774. The van der Waals surface area contributed by atoms with Crippen LogP contribution >= 0.6 is 0 Å². The van der Waals surface area contributed by atoms with Gasteiger partial charge in [0.25, 0.3) is 0 Å². The van der Waals surface area contributed by atoms with Crippen molar-refractivity contribution in [3.63, 3.8) is 0 Å². The van der Waals surface area contributed by atoms with Gasteiger partial charge in [0.1, 0.15) is 11.6 Å². The van der Waals surface area contributed by atoms with E-state index in [1.807, 2.05) is 18.2 Å². The van der Waals surface area contributed by atoms with E-state index in [1.165, 1.54) is 12.5 Å². The third-order valence-corrected chi connectivity index (χ3v) is 5.13. The predicted molar refractivity (Wildman–Crippen MR) is 109 cm³/mol. The van der Waals surface area contributed by atoms with E-state index < -0.39 is 17.5 Å². The summed E-state index contributed by atoms with van der Waals surface area (Å²) in [4.78, 5) is 25.4. The summed E-state index contributed by atoms with van der Waals surface area (Å²) in [6, 6.07) is 12.2. The highest BCUT2D eigenvalue weighted by Gasteiger charge is 2.23. The summed E-state index contributed by atoms with van der Waals surface area (Å²) < 4.78 is 27.7.